The Balaban J connectivity index is 2.80. The first kappa shape index (κ1) is 16.9. The molecule has 10 heteroatoms. The predicted octanol–water partition coefficient (Wildman–Crippen LogP) is 2.26. The van der Waals surface area contributed by atoms with Crippen molar-refractivity contribution >= 4 is 5.69 Å². The minimum absolute atomic E-state index is 0.00800. The molecule has 116 valence electrons. The van der Waals surface area contributed by atoms with Crippen LogP contribution in [0.15, 0.2) is 23.3 Å². The van der Waals surface area contributed by atoms with Gasteiger partial charge in [0.1, 0.15) is 6.10 Å². The average Bonchev–Trinajstić information content (AvgIpc) is 2.39. The Hall–Kier alpha value is -2.16. The van der Waals surface area contributed by atoms with Gasteiger partial charge in [0, 0.05) is 11.5 Å². The molecule has 0 aliphatic rings. The molecule has 0 heterocycles. The largest absolute Gasteiger partial charge is 0.573 e. The zero-order valence-corrected chi connectivity index (χ0v) is 10.7. The fourth-order valence-corrected chi connectivity index (χ4v) is 1.58. The molecule has 0 aromatic heterocycles. The van der Waals surface area contributed by atoms with Crippen LogP contribution >= 0.6 is 0 Å². The van der Waals surface area contributed by atoms with Gasteiger partial charge in [0.25, 0.3) is 0 Å². The summed E-state index contributed by atoms with van der Waals surface area (Å²) < 4.78 is 39.9. The van der Waals surface area contributed by atoms with Crippen molar-refractivity contribution in [1.82, 2.24) is 0 Å². The Morgan fingerprint density at radius 2 is 2.05 bits per heavy atom. The van der Waals surface area contributed by atoms with Crippen molar-refractivity contribution in [1.29, 1.82) is 0 Å². The maximum atomic E-state index is 12.1. The topological polar surface area (TPSA) is 124 Å². The molecule has 1 aromatic rings. The first-order valence-electron chi connectivity index (χ1n) is 5.76. The van der Waals surface area contributed by atoms with Gasteiger partial charge in [-0.15, -0.1) is 13.2 Å². The standard InChI is InChI=1S/C11H13F3N4O3/c12-11(13,14)21-9-2-1-6(5-7(9)15)10(20)8(19)3-4-17-18-16/h1-2,5,8,10,19-20H,3-4,15H2. The van der Waals surface area contributed by atoms with Gasteiger partial charge in [-0.05, 0) is 29.6 Å². The van der Waals surface area contributed by atoms with E-state index in [2.05, 4.69) is 14.8 Å². The molecule has 2 atom stereocenters. The number of nitrogen functional groups attached to an aromatic ring is 1. The highest BCUT2D eigenvalue weighted by Crippen LogP contribution is 2.31. The molecule has 0 aliphatic heterocycles. The second-order valence-electron chi connectivity index (χ2n) is 4.10. The third kappa shape index (κ3) is 5.38. The van der Waals surface area contributed by atoms with Gasteiger partial charge in [-0.3, -0.25) is 0 Å². The van der Waals surface area contributed by atoms with Crippen LogP contribution in [0, 0.1) is 0 Å². The number of nitrogens with two attached hydrogens (primary N) is 1. The highest BCUT2D eigenvalue weighted by molar-refractivity contribution is 5.54. The number of nitrogens with zero attached hydrogens (tertiary/aromatic N) is 3. The predicted molar refractivity (Wildman–Crippen MR) is 67.1 cm³/mol. The van der Waals surface area contributed by atoms with E-state index in [-0.39, 0.29) is 24.2 Å². The molecule has 2 unspecified atom stereocenters. The van der Waals surface area contributed by atoms with Crippen LogP contribution in [0.25, 0.3) is 10.4 Å². The number of alkyl halides is 3. The lowest BCUT2D eigenvalue weighted by Crippen LogP contribution is -2.20. The SMILES string of the molecule is [N-]=[N+]=NCCC(O)C(O)c1ccc(OC(F)(F)F)c(N)c1. The number of aliphatic hydroxyl groups is 2. The van der Waals surface area contributed by atoms with Crippen molar-refractivity contribution in [2.45, 2.75) is 25.0 Å². The summed E-state index contributed by atoms with van der Waals surface area (Å²) in [6.45, 7) is -0.0283. The third-order valence-corrected chi connectivity index (χ3v) is 2.55. The van der Waals surface area contributed by atoms with E-state index in [0.717, 1.165) is 18.2 Å². The fourth-order valence-electron chi connectivity index (χ4n) is 1.58. The van der Waals surface area contributed by atoms with Crippen molar-refractivity contribution in [3.63, 3.8) is 0 Å². The van der Waals surface area contributed by atoms with Gasteiger partial charge in [-0.25, -0.2) is 0 Å². The Morgan fingerprint density at radius 3 is 2.57 bits per heavy atom. The van der Waals surface area contributed by atoms with Gasteiger partial charge in [-0.1, -0.05) is 11.2 Å². The molecule has 1 aromatic carbocycles. The van der Waals surface area contributed by atoms with Gasteiger partial charge >= 0.3 is 6.36 Å². The van der Waals surface area contributed by atoms with E-state index in [1.807, 2.05) is 0 Å². The number of aliphatic hydroxyl groups excluding tert-OH is 2. The summed E-state index contributed by atoms with van der Waals surface area (Å²) in [5, 5.41) is 22.7. The van der Waals surface area contributed by atoms with Crippen molar-refractivity contribution < 1.29 is 28.1 Å². The smallest absolute Gasteiger partial charge is 0.404 e. The summed E-state index contributed by atoms with van der Waals surface area (Å²) in [6, 6.07) is 3.17. The molecule has 0 radical (unpaired) electrons. The molecule has 21 heavy (non-hydrogen) atoms. The summed E-state index contributed by atoms with van der Waals surface area (Å²) in [5.41, 5.74) is 13.3. The molecule has 0 amide bonds. The monoisotopic (exact) mass is 306 g/mol. The van der Waals surface area contributed by atoms with E-state index >= 15 is 0 Å². The molecular formula is C11H13F3N4O3. The Kier molecular flexibility index (Phi) is 5.65. The van der Waals surface area contributed by atoms with Crippen LogP contribution < -0.4 is 10.5 Å². The zero-order valence-electron chi connectivity index (χ0n) is 10.7. The summed E-state index contributed by atoms with van der Waals surface area (Å²) in [7, 11) is 0. The minimum Gasteiger partial charge on any atom is -0.404 e. The van der Waals surface area contributed by atoms with Gasteiger partial charge in [0.2, 0.25) is 0 Å². The normalized spacial score (nSPS) is 14.1. The maximum Gasteiger partial charge on any atom is 0.573 e. The second kappa shape index (κ2) is 7.02. The van der Waals surface area contributed by atoms with E-state index < -0.39 is 24.3 Å². The van der Waals surface area contributed by atoms with E-state index in [0.29, 0.717) is 0 Å². The summed E-state index contributed by atoms with van der Waals surface area (Å²) in [4.78, 5) is 2.49. The lowest BCUT2D eigenvalue weighted by atomic mass is 10.0. The van der Waals surface area contributed by atoms with E-state index in [1.54, 1.807) is 0 Å². The Labute approximate surface area is 117 Å². The van der Waals surface area contributed by atoms with E-state index in [1.165, 1.54) is 0 Å². The molecule has 0 fully saturated rings. The van der Waals surface area contributed by atoms with Crippen molar-refractivity contribution in [3.05, 3.63) is 34.2 Å². The first-order valence-corrected chi connectivity index (χ1v) is 5.76. The van der Waals surface area contributed by atoms with Gasteiger partial charge in [0.05, 0.1) is 11.8 Å². The lowest BCUT2D eigenvalue weighted by molar-refractivity contribution is -0.274. The maximum absolute atomic E-state index is 12.1. The van der Waals surface area contributed by atoms with Gasteiger partial charge in [-0.2, -0.15) is 0 Å². The molecule has 0 aliphatic carbocycles. The van der Waals surface area contributed by atoms with Crippen LogP contribution in [-0.4, -0.2) is 29.2 Å². The lowest BCUT2D eigenvalue weighted by Gasteiger charge is -2.19. The number of hydrogen-bond donors (Lipinski definition) is 3. The quantitative estimate of drug-likeness (QED) is 0.322. The van der Waals surface area contributed by atoms with Crippen LogP contribution in [0.4, 0.5) is 18.9 Å². The first-order chi connectivity index (χ1) is 9.74. The molecule has 4 N–H and O–H groups in total. The third-order valence-electron chi connectivity index (χ3n) is 2.55. The Morgan fingerprint density at radius 1 is 1.38 bits per heavy atom. The molecule has 0 spiro atoms. The zero-order chi connectivity index (χ0) is 16.0. The molecule has 1 rings (SSSR count). The number of benzene rings is 1. The van der Waals surface area contributed by atoms with E-state index in [9.17, 15) is 23.4 Å². The van der Waals surface area contributed by atoms with Crippen LogP contribution in [-0.2, 0) is 0 Å². The van der Waals surface area contributed by atoms with Crippen molar-refractivity contribution in [2.24, 2.45) is 5.11 Å². The average molecular weight is 306 g/mol. The number of rotatable bonds is 6. The summed E-state index contributed by atoms with van der Waals surface area (Å²) in [6.07, 6.45) is -7.50. The van der Waals surface area contributed by atoms with Crippen LogP contribution in [0.3, 0.4) is 0 Å². The number of ether oxygens (including phenoxy) is 1. The number of anilines is 1. The van der Waals surface area contributed by atoms with Crippen molar-refractivity contribution in [2.75, 3.05) is 12.3 Å². The highest BCUT2D eigenvalue weighted by Gasteiger charge is 2.32. The molecule has 0 saturated carbocycles. The molecule has 7 nitrogen and oxygen atoms in total. The van der Waals surface area contributed by atoms with Gasteiger partial charge in [0.15, 0.2) is 5.75 Å². The molecule has 0 saturated heterocycles. The van der Waals surface area contributed by atoms with Crippen molar-refractivity contribution in [3.8, 4) is 5.75 Å². The van der Waals surface area contributed by atoms with E-state index in [4.69, 9.17) is 11.3 Å². The number of hydrogen-bond acceptors (Lipinski definition) is 5. The molecular weight excluding hydrogens is 293 g/mol. The van der Waals surface area contributed by atoms with Crippen LogP contribution in [0.2, 0.25) is 0 Å². The fraction of sp³-hybridized carbons (Fsp3) is 0.455. The summed E-state index contributed by atoms with van der Waals surface area (Å²) >= 11 is 0. The Bertz CT molecular complexity index is 532. The van der Waals surface area contributed by atoms with Gasteiger partial charge < -0.3 is 20.7 Å². The highest BCUT2D eigenvalue weighted by atomic mass is 19.4. The number of azide groups is 1. The summed E-state index contributed by atoms with van der Waals surface area (Å²) in [5.74, 6) is -0.595. The minimum atomic E-state index is -4.87. The molecule has 0 bridgehead atoms. The second-order valence-corrected chi connectivity index (χ2v) is 4.10. The number of halogens is 3. The van der Waals surface area contributed by atoms with Crippen LogP contribution in [0.5, 0.6) is 5.75 Å². The van der Waals surface area contributed by atoms with Crippen LogP contribution in [0.1, 0.15) is 18.1 Å².